The maximum absolute atomic E-state index is 13.2. The van der Waals surface area contributed by atoms with Crippen LogP contribution in [0.1, 0.15) is 67.3 Å². The number of alkyl halides is 3. The predicted octanol–water partition coefficient (Wildman–Crippen LogP) is 6.54. The quantitative estimate of drug-likeness (QED) is 0.217. The zero-order valence-corrected chi connectivity index (χ0v) is 22.5. The Labute approximate surface area is 229 Å². The number of hydrogen-bond donors (Lipinski definition) is 3. The van der Waals surface area contributed by atoms with Crippen LogP contribution in [0, 0.1) is 5.92 Å². The first kappa shape index (κ1) is 27.4. The van der Waals surface area contributed by atoms with Crippen LogP contribution in [-0.2, 0) is 18.3 Å². The highest BCUT2D eigenvalue weighted by Gasteiger charge is 2.31. The molecule has 5 rings (SSSR count). The number of carbonyl (C=O) groups is 1. The van der Waals surface area contributed by atoms with Crippen molar-refractivity contribution in [1.29, 1.82) is 0 Å². The van der Waals surface area contributed by atoms with Gasteiger partial charge >= 0.3 is 12.1 Å². The van der Waals surface area contributed by atoms with Gasteiger partial charge in [-0.2, -0.15) is 18.2 Å². The van der Waals surface area contributed by atoms with Crippen molar-refractivity contribution in [2.45, 2.75) is 64.3 Å². The Bertz CT molecular complexity index is 1510. The van der Waals surface area contributed by atoms with Gasteiger partial charge in [-0.25, -0.2) is 14.8 Å². The Morgan fingerprint density at radius 2 is 1.70 bits per heavy atom. The summed E-state index contributed by atoms with van der Waals surface area (Å²) in [5.74, 6) is -0.521. The lowest BCUT2D eigenvalue weighted by Gasteiger charge is -2.32. The molecule has 1 aliphatic carbocycles. The molecular formula is C29H31F3N6O2. The molecule has 0 aliphatic heterocycles. The number of hydrogen-bond acceptors (Lipinski definition) is 6. The number of halogens is 3. The molecule has 0 amide bonds. The summed E-state index contributed by atoms with van der Waals surface area (Å²) in [5, 5.41) is 16.6. The van der Waals surface area contributed by atoms with Gasteiger partial charge in [0.2, 0.25) is 11.8 Å². The summed E-state index contributed by atoms with van der Waals surface area (Å²) < 4.78 is 41.4. The van der Waals surface area contributed by atoms with Crippen LogP contribution in [0.25, 0.3) is 11.2 Å². The number of carboxylic acid groups (broad SMARTS) is 1. The molecule has 1 unspecified atom stereocenters. The fraction of sp³-hybridized carbons (Fsp3) is 0.379. The molecule has 2 aromatic heterocycles. The van der Waals surface area contributed by atoms with Crippen molar-refractivity contribution < 1.29 is 23.1 Å². The van der Waals surface area contributed by atoms with E-state index in [1.807, 2.05) is 51.1 Å². The molecule has 2 heterocycles. The summed E-state index contributed by atoms with van der Waals surface area (Å²) in [6.45, 7) is 6.16. The van der Waals surface area contributed by atoms with Gasteiger partial charge < -0.3 is 20.3 Å². The minimum absolute atomic E-state index is 0.0279. The van der Waals surface area contributed by atoms with Gasteiger partial charge in [0, 0.05) is 6.04 Å². The van der Waals surface area contributed by atoms with Crippen LogP contribution in [0.15, 0.2) is 54.6 Å². The van der Waals surface area contributed by atoms with Crippen molar-refractivity contribution in [3.63, 3.8) is 0 Å². The van der Waals surface area contributed by atoms with Crippen molar-refractivity contribution >= 4 is 28.9 Å². The second kappa shape index (κ2) is 10.4. The second-order valence-corrected chi connectivity index (χ2v) is 10.8. The molecule has 0 spiro atoms. The van der Waals surface area contributed by atoms with E-state index in [1.54, 1.807) is 4.57 Å². The summed E-state index contributed by atoms with van der Waals surface area (Å²) in [4.78, 5) is 25.1. The zero-order valence-electron chi connectivity index (χ0n) is 22.5. The van der Waals surface area contributed by atoms with Gasteiger partial charge in [-0.3, -0.25) is 0 Å². The highest BCUT2D eigenvalue weighted by Crippen LogP contribution is 2.35. The molecule has 0 bridgehead atoms. The van der Waals surface area contributed by atoms with E-state index in [0.29, 0.717) is 28.8 Å². The first-order valence-electron chi connectivity index (χ1n) is 13.2. The molecular weight excluding hydrogens is 521 g/mol. The van der Waals surface area contributed by atoms with Crippen LogP contribution >= 0.6 is 0 Å². The first-order valence-corrected chi connectivity index (χ1v) is 13.2. The lowest BCUT2D eigenvalue weighted by molar-refractivity contribution is -0.137. The Morgan fingerprint density at radius 3 is 2.27 bits per heavy atom. The maximum atomic E-state index is 13.2. The Kier molecular flexibility index (Phi) is 7.16. The Hall–Kier alpha value is -4.15. The minimum Gasteiger partial charge on any atom is -0.475 e. The molecule has 8 nitrogen and oxygen atoms in total. The number of aromatic carboxylic acids is 1. The number of nitrogens with zero attached hydrogens (tertiary/aromatic N) is 4. The lowest BCUT2D eigenvalue weighted by atomic mass is 9.80. The van der Waals surface area contributed by atoms with Crippen molar-refractivity contribution in [1.82, 2.24) is 19.5 Å². The number of anilines is 2. The zero-order chi connectivity index (χ0) is 28.7. The summed E-state index contributed by atoms with van der Waals surface area (Å²) >= 11 is 0. The molecule has 40 heavy (non-hydrogen) atoms. The third-order valence-corrected chi connectivity index (χ3v) is 7.56. The molecule has 1 saturated carbocycles. The van der Waals surface area contributed by atoms with Gasteiger partial charge in [-0.15, -0.1) is 0 Å². The van der Waals surface area contributed by atoms with E-state index in [1.165, 1.54) is 12.1 Å². The SMILES string of the molecule is CC(Nc1nc(C(=O)O)nc2nc(NC(C)(C)c3ccccc3)n(Cc3ccc(C(F)(F)F)cc3)c12)C1CCC1. The largest absolute Gasteiger partial charge is 0.475 e. The van der Waals surface area contributed by atoms with Crippen LogP contribution in [0.2, 0.25) is 0 Å². The molecule has 210 valence electrons. The molecule has 4 aromatic rings. The average molecular weight is 553 g/mol. The third-order valence-electron chi connectivity index (χ3n) is 7.56. The normalized spacial score (nSPS) is 15.1. The van der Waals surface area contributed by atoms with Crippen LogP contribution in [0.4, 0.5) is 24.9 Å². The van der Waals surface area contributed by atoms with Crippen LogP contribution in [0.3, 0.4) is 0 Å². The molecule has 1 atom stereocenters. The van der Waals surface area contributed by atoms with E-state index >= 15 is 0 Å². The number of carboxylic acids is 1. The third kappa shape index (κ3) is 5.59. The lowest BCUT2D eigenvalue weighted by Crippen LogP contribution is -2.32. The number of fused-ring (bicyclic) bond motifs is 1. The molecule has 1 fully saturated rings. The fourth-order valence-corrected chi connectivity index (χ4v) is 4.94. The van der Waals surface area contributed by atoms with E-state index in [9.17, 15) is 23.1 Å². The van der Waals surface area contributed by atoms with Gasteiger partial charge in [0.1, 0.15) is 5.52 Å². The molecule has 3 N–H and O–H groups in total. The molecule has 1 aliphatic rings. The fourth-order valence-electron chi connectivity index (χ4n) is 4.94. The van der Waals surface area contributed by atoms with Crippen molar-refractivity contribution in [2.75, 3.05) is 10.6 Å². The van der Waals surface area contributed by atoms with E-state index < -0.39 is 23.2 Å². The summed E-state index contributed by atoms with van der Waals surface area (Å²) in [5.41, 5.74) is 0.902. The number of aromatic nitrogens is 4. The standard InChI is InChI=1S/C29H31F3N6O2/c1-17(19-8-7-9-19)33-23-22-24(35-25(34-23)26(39)40)36-27(37-28(2,3)20-10-5-4-6-11-20)38(22)16-18-12-14-21(15-13-18)29(30,31)32/h4-6,10-15,17,19H,7-9,16H2,1-3H3,(H,39,40)(H2,33,34,35,36,37). The molecule has 0 saturated heterocycles. The number of nitrogens with one attached hydrogen (secondary N) is 2. The summed E-state index contributed by atoms with van der Waals surface area (Å²) in [6.07, 6.45) is -1.17. The minimum atomic E-state index is -4.44. The maximum Gasteiger partial charge on any atom is 0.416 e. The van der Waals surface area contributed by atoms with E-state index in [-0.39, 0.29) is 24.1 Å². The molecule has 2 aromatic carbocycles. The Morgan fingerprint density at radius 1 is 1.02 bits per heavy atom. The second-order valence-electron chi connectivity index (χ2n) is 10.8. The van der Waals surface area contributed by atoms with E-state index in [2.05, 4.69) is 25.6 Å². The highest BCUT2D eigenvalue weighted by molar-refractivity contribution is 5.91. The molecule has 0 radical (unpaired) electrons. The van der Waals surface area contributed by atoms with Gasteiger partial charge in [0.25, 0.3) is 0 Å². The van der Waals surface area contributed by atoms with Gasteiger partial charge in [0.15, 0.2) is 11.5 Å². The summed E-state index contributed by atoms with van der Waals surface area (Å²) in [7, 11) is 0. The Balaban J connectivity index is 1.64. The highest BCUT2D eigenvalue weighted by atomic mass is 19.4. The molecule has 11 heteroatoms. The number of imidazole rings is 1. The van der Waals surface area contributed by atoms with Crippen LogP contribution < -0.4 is 10.6 Å². The van der Waals surface area contributed by atoms with Gasteiger partial charge in [-0.1, -0.05) is 48.9 Å². The predicted molar refractivity (Wildman–Crippen MR) is 146 cm³/mol. The first-order chi connectivity index (χ1) is 18.9. The monoisotopic (exact) mass is 552 g/mol. The van der Waals surface area contributed by atoms with Crippen molar-refractivity contribution in [3.8, 4) is 0 Å². The average Bonchev–Trinajstić information content (AvgIpc) is 3.19. The van der Waals surface area contributed by atoms with Gasteiger partial charge in [-0.05, 0) is 62.8 Å². The topological polar surface area (TPSA) is 105 Å². The van der Waals surface area contributed by atoms with Crippen LogP contribution in [0.5, 0.6) is 0 Å². The smallest absolute Gasteiger partial charge is 0.416 e. The van der Waals surface area contributed by atoms with Crippen LogP contribution in [-0.4, -0.2) is 36.6 Å². The van der Waals surface area contributed by atoms with Crippen molar-refractivity contribution in [3.05, 3.63) is 77.1 Å². The number of rotatable bonds is 9. The van der Waals surface area contributed by atoms with E-state index in [0.717, 1.165) is 37.0 Å². The van der Waals surface area contributed by atoms with E-state index in [4.69, 9.17) is 0 Å². The van der Waals surface area contributed by atoms with Crippen molar-refractivity contribution in [2.24, 2.45) is 5.92 Å². The summed E-state index contributed by atoms with van der Waals surface area (Å²) in [6, 6.07) is 14.7. The van der Waals surface area contributed by atoms with Gasteiger partial charge in [0.05, 0.1) is 17.6 Å². The number of benzene rings is 2.